The van der Waals surface area contributed by atoms with Gasteiger partial charge in [0, 0.05) is 16.1 Å². The van der Waals surface area contributed by atoms with Crippen LogP contribution in [0.2, 0.25) is 0 Å². The average Bonchev–Trinajstić information content (AvgIpc) is 3.25. The van der Waals surface area contributed by atoms with Crippen molar-refractivity contribution >= 4 is 32.2 Å². The summed E-state index contributed by atoms with van der Waals surface area (Å²) in [6.07, 6.45) is 5.22. The van der Waals surface area contributed by atoms with Gasteiger partial charge in [-0.2, -0.15) is 5.10 Å². The number of anilines is 1. The van der Waals surface area contributed by atoms with Crippen molar-refractivity contribution in [1.82, 2.24) is 14.8 Å². The van der Waals surface area contributed by atoms with Crippen LogP contribution in [0.4, 0.5) is 5.13 Å². The minimum absolute atomic E-state index is 0.106. The fourth-order valence-corrected chi connectivity index (χ4v) is 6.76. The lowest BCUT2D eigenvalue weighted by atomic mass is 10.0. The summed E-state index contributed by atoms with van der Waals surface area (Å²) in [5.74, 6) is 0.233. The van der Waals surface area contributed by atoms with Crippen LogP contribution in [0.1, 0.15) is 52.8 Å². The Labute approximate surface area is 163 Å². The molecule has 2 aromatic rings. The highest BCUT2D eigenvalue weighted by Crippen LogP contribution is 2.30. The number of rotatable bonds is 4. The number of amides is 1. The summed E-state index contributed by atoms with van der Waals surface area (Å²) in [5.41, 5.74) is 3.66. The lowest BCUT2D eigenvalue weighted by molar-refractivity contribution is -0.115. The van der Waals surface area contributed by atoms with Crippen molar-refractivity contribution in [1.29, 1.82) is 0 Å². The Bertz CT molecular complexity index is 967. The summed E-state index contributed by atoms with van der Waals surface area (Å²) in [6, 6.07) is -0.129. The van der Waals surface area contributed by atoms with Gasteiger partial charge < -0.3 is 5.32 Å². The molecule has 1 atom stereocenters. The van der Waals surface area contributed by atoms with Crippen LogP contribution in [0.15, 0.2) is 0 Å². The lowest BCUT2D eigenvalue weighted by Crippen LogP contribution is -2.16. The molecule has 4 rings (SSSR count). The van der Waals surface area contributed by atoms with E-state index in [1.54, 1.807) is 16.0 Å². The van der Waals surface area contributed by atoms with Crippen LogP contribution in [0, 0.1) is 13.8 Å². The maximum Gasteiger partial charge on any atom is 0.230 e. The van der Waals surface area contributed by atoms with Gasteiger partial charge in [0.25, 0.3) is 0 Å². The predicted octanol–water partition coefficient (Wildman–Crippen LogP) is 2.38. The highest BCUT2D eigenvalue weighted by atomic mass is 32.2. The first-order valence-corrected chi connectivity index (χ1v) is 12.0. The Hall–Kier alpha value is -1.74. The zero-order chi connectivity index (χ0) is 19.2. The molecule has 3 heterocycles. The first kappa shape index (κ1) is 18.6. The Kier molecular flexibility index (Phi) is 4.84. The third-order valence-electron chi connectivity index (χ3n) is 5.46. The first-order valence-electron chi connectivity index (χ1n) is 9.36. The summed E-state index contributed by atoms with van der Waals surface area (Å²) >= 11 is 1.58. The zero-order valence-corrected chi connectivity index (χ0v) is 17.3. The maximum atomic E-state index is 12.6. The molecular formula is C18H24N4O3S2. The van der Waals surface area contributed by atoms with Gasteiger partial charge in [0.2, 0.25) is 5.91 Å². The number of carbonyl (C=O) groups is 1. The number of carbonyl (C=O) groups excluding carboxylic acids is 1. The minimum Gasteiger partial charge on any atom is -0.302 e. The van der Waals surface area contributed by atoms with Crippen LogP contribution in [0.5, 0.6) is 0 Å². The summed E-state index contributed by atoms with van der Waals surface area (Å²) in [6.45, 7) is 3.79. The lowest BCUT2D eigenvalue weighted by Gasteiger charge is -2.11. The molecule has 0 radical (unpaired) electrons. The second-order valence-corrected chi connectivity index (χ2v) is 10.8. The molecule has 1 amide bonds. The molecule has 2 aromatic heterocycles. The largest absolute Gasteiger partial charge is 0.302 e. The minimum atomic E-state index is -2.98. The molecule has 0 bridgehead atoms. The van der Waals surface area contributed by atoms with Gasteiger partial charge in [0.1, 0.15) is 0 Å². The SMILES string of the molecule is Cc1nn(C2CCS(=O)(=O)C2)c(C)c1CC(=O)Nc1nc2c(s1)CCCC2. The smallest absolute Gasteiger partial charge is 0.230 e. The van der Waals surface area contributed by atoms with Crippen LogP contribution in [-0.4, -0.2) is 40.6 Å². The van der Waals surface area contributed by atoms with Gasteiger partial charge in [0.15, 0.2) is 15.0 Å². The topological polar surface area (TPSA) is 94.0 Å². The molecule has 1 unspecified atom stereocenters. The molecule has 27 heavy (non-hydrogen) atoms. The molecule has 0 saturated carbocycles. The number of nitrogens with zero attached hydrogens (tertiary/aromatic N) is 3. The predicted molar refractivity (Wildman–Crippen MR) is 105 cm³/mol. The van der Waals surface area contributed by atoms with Gasteiger partial charge in [-0.1, -0.05) is 0 Å². The molecular weight excluding hydrogens is 384 g/mol. The second-order valence-electron chi connectivity index (χ2n) is 7.47. The zero-order valence-electron chi connectivity index (χ0n) is 15.6. The number of sulfone groups is 1. The van der Waals surface area contributed by atoms with Crippen molar-refractivity contribution in [3.05, 3.63) is 27.5 Å². The van der Waals surface area contributed by atoms with Crippen LogP contribution < -0.4 is 5.32 Å². The van der Waals surface area contributed by atoms with Crippen LogP contribution in [0.3, 0.4) is 0 Å². The van der Waals surface area contributed by atoms with E-state index in [0.717, 1.165) is 35.5 Å². The molecule has 1 fully saturated rings. The Morgan fingerprint density at radius 3 is 2.78 bits per heavy atom. The quantitative estimate of drug-likeness (QED) is 0.838. The average molecular weight is 409 g/mol. The van der Waals surface area contributed by atoms with E-state index in [2.05, 4.69) is 15.4 Å². The molecule has 0 aromatic carbocycles. The normalized spacial score (nSPS) is 21.2. The summed E-state index contributed by atoms with van der Waals surface area (Å²) in [5, 5.41) is 8.14. The monoisotopic (exact) mass is 408 g/mol. The van der Waals surface area contributed by atoms with E-state index in [1.165, 1.54) is 17.7 Å². The van der Waals surface area contributed by atoms with E-state index in [9.17, 15) is 13.2 Å². The van der Waals surface area contributed by atoms with E-state index < -0.39 is 9.84 Å². The third-order valence-corrected chi connectivity index (χ3v) is 8.28. The van der Waals surface area contributed by atoms with E-state index in [4.69, 9.17) is 0 Å². The van der Waals surface area contributed by atoms with Crippen molar-refractivity contribution in [3.63, 3.8) is 0 Å². The van der Waals surface area contributed by atoms with Crippen LogP contribution >= 0.6 is 11.3 Å². The number of nitrogens with one attached hydrogen (secondary N) is 1. The van der Waals surface area contributed by atoms with Gasteiger partial charge in [0.05, 0.1) is 35.4 Å². The van der Waals surface area contributed by atoms with Crippen LogP contribution in [-0.2, 0) is 33.9 Å². The number of aromatic nitrogens is 3. The molecule has 1 aliphatic heterocycles. The second kappa shape index (κ2) is 7.01. The number of thiazole rings is 1. The van der Waals surface area contributed by atoms with Gasteiger partial charge in [-0.05, 0) is 46.0 Å². The number of fused-ring (bicyclic) bond motifs is 1. The van der Waals surface area contributed by atoms with E-state index >= 15 is 0 Å². The van der Waals surface area contributed by atoms with Crippen molar-refractivity contribution in [2.45, 2.75) is 58.4 Å². The Balaban J connectivity index is 1.47. The number of hydrogen-bond acceptors (Lipinski definition) is 6. The van der Waals surface area contributed by atoms with Gasteiger partial charge in [-0.15, -0.1) is 11.3 Å². The summed E-state index contributed by atoms with van der Waals surface area (Å²) in [4.78, 5) is 18.4. The van der Waals surface area contributed by atoms with Crippen molar-refractivity contribution < 1.29 is 13.2 Å². The van der Waals surface area contributed by atoms with E-state index in [-0.39, 0.29) is 29.9 Å². The highest BCUT2D eigenvalue weighted by Gasteiger charge is 2.31. The van der Waals surface area contributed by atoms with Crippen LogP contribution in [0.25, 0.3) is 0 Å². The molecule has 1 saturated heterocycles. The molecule has 1 aliphatic carbocycles. The molecule has 1 N–H and O–H groups in total. The van der Waals surface area contributed by atoms with Gasteiger partial charge in [-0.25, -0.2) is 13.4 Å². The van der Waals surface area contributed by atoms with E-state index in [0.29, 0.717) is 11.6 Å². The highest BCUT2D eigenvalue weighted by molar-refractivity contribution is 7.91. The molecule has 0 spiro atoms. The first-order chi connectivity index (χ1) is 12.8. The molecule has 9 heteroatoms. The van der Waals surface area contributed by atoms with Crippen molar-refractivity contribution in [2.75, 3.05) is 16.8 Å². The molecule has 2 aliphatic rings. The standard InChI is InChI=1S/C18H24N4O3S2/c1-11-14(12(2)22(21-11)13-7-8-27(24,25)10-13)9-17(23)20-18-19-15-5-3-4-6-16(15)26-18/h13H,3-10H2,1-2H3,(H,19,20,23). The third kappa shape index (κ3) is 3.80. The maximum absolute atomic E-state index is 12.6. The summed E-state index contributed by atoms with van der Waals surface area (Å²) in [7, 11) is -2.98. The molecule has 7 nitrogen and oxygen atoms in total. The summed E-state index contributed by atoms with van der Waals surface area (Å²) < 4.78 is 25.3. The van der Waals surface area contributed by atoms with Crippen molar-refractivity contribution in [3.8, 4) is 0 Å². The van der Waals surface area contributed by atoms with E-state index in [1.807, 2.05) is 13.8 Å². The molecule has 146 valence electrons. The fourth-order valence-electron chi connectivity index (χ4n) is 4.01. The number of aryl methyl sites for hydroxylation is 3. The Morgan fingerprint density at radius 1 is 1.30 bits per heavy atom. The van der Waals surface area contributed by atoms with Gasteiger partial charge >= 0.3 is 0 Å². The van der Waals surface area contributed by atoms with Gasteiger partial charge in [-0.3, -0.25) is 9.48 Å². The van der Waals surface area contributed by atoms with Crippen molar-refractivity contribution in [2.24, 2.45) is 0 Å². The fraction of sp³-hybridized carbons (Fsp3) is 0.611. The number of hydrogen-bond donors (Lipinski definition) is 1. The Morgan fingerprint density at radius 2 is 2.07 bits per heavy atom.